The van der Waals surface area contributed by atoms with Gasteiger partial charge < -0.3 is 5.73 Å². The Hall–Kier alpha value is -0.860. The van der Waals surface area contributed by atoms with E-state index >= 15 is 0 Å². The molecule has 2 rings (SSSR count). The van der Waals surface area contributed by atoms with E-state index in [0.29, 0.717) is 6.42 Å². The van der Waals surface area contributed by atoms with Gasteiger partial charge in [-0.2, -0.15) is 0 Å². The maximum absolute atomic E-state index is 11.5. The molecular weight excluding hydrogens is 198 g/mol. The van der Waals surface area contributed by atoms with Crippen LogP contribution in [0.1, 0.15) is 17.5 Å². The van der Waals surface area contributed by atoms with Gasteiger partial charge in [0.05, 0.1) is 6.04 Å². The summed E-state index contributed by atoms with van der Waals surface area (Å²) >= 11 is 0. The quantitative estimate of drug-likeness (QED) is 0.661. The van der Waals surface area contributed by atoms with E-state index in [1.54, 1.807) is 0 Å². The number of halogens is 1. The van der Waals surface area contributed by atoms with Gasteiger partial charge in [-0.05, 0) is 24.0 Å². The Balaban J connectivity index is 0.000000980. The molecule has 1 aromatic rings. The first kappa shape index (κ1) is 11.2. The molecule has 14 heavy (non-hydrogen) atoms. The van der Waals surface area contributed by atoms with Crippen molar-refractivity contribution < 1.29 is 4.79 Å². The van der Waals surface area contributed by atoms with Gasteiger partial charge in [0.15, 0.2) is 5.78 Å². The Kier molecular flexibility index (Phi) is 3.67. The molecule has 0 spiro atoms. The van der Waals surface area contributed by atoms with Crippen molar-refractivity contribution >= 4 is 18.2 Å². The van der Waals surface area contributed by atoms with E-state index < -0.39 is 0 Å². The van der Waals surface area contributed by atoms with Crippen LogP contribution in [-0.4, -0.2) is 11.8 Å². The Morgan fingerprint density at radius 1 is 1.21 bits per heavy atom. The zero-order valence-corrected chi connectivity index (χ0v) is 8.72. The van der Waals surface area contributed by atoms with Gasteiger partial charge in [0.2, 0.25) is 0 Å². The summed E-state index contributed by atoms with van der Waals surface area (Å²) in [6.45, 7) is 0. The third kappa shape index (κ3) is 2.14. The fraction of sp³-hybridized carbons (Fsp3) is 0.364. The van der Waals surface area contributed by atoms with Gasteiger partial charge in [-0.1, -0.05) is 24.3 Å². The number of carbonyl (C=O) groups is 1. The second-order valence-corrected chi connectivity index (χ2v) is 3.56. The van der Waals surface area contributed by atoms with Gasteiger partial charge in [-0.25, -0.2) is 0 Å². The van der Waals surface area contributed by atoms with Crippen LogP contribution in [0.2, 0.25) is 0 Å². The van der Waals surface area contributed by atoms with Crippen molar-refractivity contribution in [1.82, 2.24) is 0 Å². The van der Waals surface area contributed by atoms with Crippen LogP contribution in [0.5, 0.6) is 0 Å². The second kappa shape index (κ2) is 4.58. The molecule has 0 saturated carbocycles. The molecule has 0 amide bonds. The van der Waals surface area contributed by atoms with Gasteiger partial charge in [0.25, 0.3) is 0 Å². The fourth-order valence-electron chi connectivity index (χ4n) is 1.76. The number of carbonyl (C=O) groups excluding carboxylic acids is 1. The Labute approximate surface area is 89.9 Å². The van der Waals surface area contributed by atoms with Crippen LogP contribution < -0.4 is 5.73 Å². The lowest BCUT2D eigenvalue weighted by atomic mass is 10.0. The normalized spacial score (nSPS) is 20.6. The van der Waals surface area contributed by atoms with Crippen LogP contribution in [0.15, 0.2) is 24.3 Å². The zero-order chi connectivity index (χ0) is 9.26. The predicted octanol–water partition coefficient (Wildman–Crippen LogP) is 1.49. The first-order valence-electron chi connectivity index (χ1n) is 4.62. The zero-order valence-electron chi connectivity index (χ0n) is 7.90. The van der Waals surface area contributed by atoms with E-state index in [-0.39, 0.29) is 24.2 Å². The summed E-state index contributed by atoms with van der Waals surface area (Å²) in [4.78, 5) is 11.5. The minimum absolute atomic E-state index is 0. The molecule has 1 aliphatic rings. The maximum atomic E-state index is 11.5. The number of hydrogen-bond donors (Lipinski definition) is 1. The SMILES string of the molecule is Cl.NC1CCc2ccccc2CC1=O. The maximum Gasteiger partial charge on any atom is 0.153 e. The van der Waals surface area contributed by atoms with Crippen molar-refractivity contribution in [2.45, 2.75) is 25.3 Å². The van der Waals surface area contributed by atoms with Crippen LogP contribution in [0.25, 0.3) is 0 Å². The molecule has 0 aliphatic heterocycles. The highest BCUT2D eigenvalue weighted by Crippen LogP contribution is 2.17. The van der Waals surface area contributed by atoms with Crippen molar-refractivity contribution in [3.05, 3.63) is 35.4 Å². The number of ketones is 1. The molecule has 3 heteroatoms. The summed E-state index contributed by atoms with van der Waals surface area (Å²) in [5.41, 5.74) is 8.14. The monoisotopic (exact) mass is 211 g/mol. The number of rotatable bonds is 0. The lowest BCUT2D eigenvalue weighted by Gasteiger charge is -2.03. The molecule has 0 aromatic heterocycles. The first-order valence-corrected chi connectivity index (χ1v) is 4.62. The van der Waals surface area contributed by atoms with Crippen LogP contribution in [0.3, 0.4) is 0 Å². The number of aryl methyl sites for hydroxylation is 1. The molecule has 2 N–H and O–H groups in total. The van der Waals surface area contributed by atoms with Gasteiger partial charge in [0.1, 0.15) is 0 Å². The highest BCUT2D eigenvalue weighted by Gasteiger charge is 2.19. The molecule has 1 unspecified atom stereocenters. The van der Waals surface area contributed by atoms with E-state index in [2.05, 4.69) is 6.07 Å². The number of fused-ring (bicyclic) bond motifs is 1. The highest BCUT2D eigenvalue weighted by atomic mass is 35.5. The standard InChI is InChI=1S/C11H13NO.ClH/c12-10-6-5-8-3-1-2-4-9(8)7-11(10)13;/h1-4,10H,5-7,12H2;1H. The molecule has 0 saturated heterocycles. The molecule has 0 heterocycles. The van der Waals surface area contributed by atoms with Crippen molar-refractivity contribution in [2.75, 3.05) is 0 Å². The number of benzene rings is 1. The van der Waals surface area contributed by atoms with Crippen LogP contribution >= 0.6 is 12.4 Å². The molecule has 1 aromatic carbocycles. The van der Waals surface area contributed by atoms with Gasteiger partial charge in [-0.15, -0.1) is 12.4 Å². The number of Topliss-reactive ketones (excluding diaryl/α,β-unsaturated/α-hetero) is 1. The summed E-state index contributed by atoms with van der Waals surface area (Å²) in [5.74, 6) is 0.171. The lowest BCUT2D eigenvalue weighted by molar-refractivity contribution is -0.119. The van der Waals surface area contributed by atoms with Crippen molar-refractivity contribution in [3.63, 3.8) is 0 Å². The summed E-state index contributed by atoms with van der Waals surface area (Å²) < 4.78 is 0. The molecule has 0 fully saturated rings. The minimum Gasteiger partial charge on any atom is -0.321 e. The van der Waals surface area contributed by atoms with Crippen molar-refractivity contribution in [3.8, 4) is 0 Å². The van der Waals surface area contributed by atoms with Crippen LogP contribution in [0.4, 0.5) is 0 Å². The average Bonchev–Trinajstić information content (AvgIpc) is 2.28. The third-order valence-electron chi connectivity index (χ3n) is 2.62. The smallest absolute Gasteiger partial charge is 0.153 e. The largest absolute Gasteiger partial charge is 0.321 e. The summed E-state index contributed by atoms with van der Waals surface area (Å²) in [6.07, 6.45) is 2.23. The summed E-state index contributed by atoms with van der Waals surface area (Å²) in [6, 6.07) is 7.84. The molecule has 76 valence electrons. The van der Waals surface area contributed by atoms with Crippen LogP contribution in [0, 0.1) is 0 Å². The van der Waals surface area contributed by atoms with E-state index in [9.17, 15) is 4.79 Å². The first-order chi connectivity index (χ1) is 6.27. The summed E-state index contributed by atoms with van der Waals surface area (Å²) in [7, 11) is 0. The lowest BCUT2D eigenvalue weighted by Crippen LogP contribution is -2.30. The van der Waals surface area contributed by atoms with E-state index in [1.807, 2.05) is 18.2 Å². The van der Waals surface area contributed by atoms with Gasteiger partial charge in [0, 0.05) is 6.42 Å². The highest BCUT2D eigenvalue weighted by molar-refractivity contribution is 5.86. The minimum atomic E-state index is -0.257. The van der Waals surface area contributed by atoms with E-state index in [4.69, 9.17) is 5.73 Å². The Bertz CT molecular complexity index is 338. The predicted molar refractivity (Wildman–Crippen MR) is 58.7 cm³/mol. The van der Waals surface area contributed by atoms with E-state index in [1.165, 1.54) is 5.56 Å². The number of hydrogen-bond acceptors (Lipinski definition) is 2. The summed E-state index contributed by atoms with van der Waals surface area (Å²) in [5, 5.41) is 0. The molecule has 0 bridgehead atoms. The van der Waals surface area contributed by atoms with Crippen molar-refractivity contribution in [1.29, 1.82) is 0 Å². The molecular formula is C11H14ClNO. The second-order valence-electron chi connectivity index (χ2n) is 3.56. The van der Waals surface area contributed by atoms with Gasteiger partial charge >= 0.3 is 0 Å². The van der Waals surface area contributed by atoms with Crippen molar-refractivity contribution in [2.24, 2.45) is 5.73 Å². The molecule has 2 nitrogen and oxygen atoms in total. The molecule has 0 radical (unpaired) electrons. The van der Waals surface area contributed by atoms with E-state index in [0.717, 1.165) is 18.4 Å². The van der Waals surface area contributed by atoms with Gasteiger partial charge in [-0.3, -0.25) is 4.79 Å². The topological polar surface area (TPSA) is 43.1 Å². The Morgan fingerprint density at radius 2 is 1.86 bits per heavy atom. The molecule has 1 atom stereocenters. The van der Waals surface area contributed by atoms with Crippen LogP contribution in [-0.2, 0) is 17.6 Å². The molecule has 1 aliphatic carbocycles. The third-order valence-corrected chi connectivity index (χ3v) is 2.62. The average molecular weight is 212 g/mol. The Morgan fingerprint density at radius 3 is 2.57 bits per heavy atom. The fourth-order valence-corrected chi connectivity index (χ4v) is 1.76. The number of nitrogens with two attached hydrogens (primary N) is 1.